The molecule has 0 heterocycles. The van der Waals surface area contributed by atoms with E-state index in [2.05, 4.69) is 4.89 Å². The first-order chi connectivity index (χ1) is 4.20. The van der Waals surface area contributed by atoms with Crippen LogP contribution in [0.15, 0.2) is 0 Å². The van der Waals surface area contributed by atoms with Gasteiger partial charge in [0.1, 0.15) is 6.29 Å². The normalized spacial score (nSPS) is 12.2. The average molecular weight is 132 g/mol. The Morgan fingerprint density at radius 2 is 2.44 bits per heavy atom. The molecule has 0 aliphatic rings. The Hall–Kier alpha value is -0.900. The fraction of sp³-hybridized carbons (Fsp3) is 0.600. The molecule has 1 N–H and O–H groups in total. The summed E-state index contributed by atoms with van der Waals surface area (Å²) >= 11 is 0. The third-order valence-corrected chi connectivity index (χ3v) is 0.823. The molecule has 0 spiro atoms. The van der Waals surface area contributed by atoms with Crippen molar-refractivity contribution >= 4 is 12.3 Å². The Labute approximate surface area is 52.4 Å². The van der Waals surface area contributed by atoms with E-state index >= 15 is 0 Å². The standard InChI is InChI=1S/C5H8O4/c1-4(3-6)2-5(7)9-8/h3-4,8H,2H2,1H3. The van der Waals surface area contributed by atoms with Crippen LogP contribution >= 0.6 is 0 Å². The van der Waals surface area contributed by atoms with Gasteiger partial charge in [-0.25, -0.2) is 4.79 Å². The fourth-order valence-corrected chi connectivity index (χ4v) is 0.348. The number of hydrogen-bond donors (Lipinski definition) is 1. The molecule has 52 valence electrons. The van der Waals surface area contributed by atoms with E-state index in [4.69, 9.17) is 5.26 Å². The van der Waals surface area contributed by atoms with Crippen molar-refractivity contribution in [1.29, 1.82) is 0 Å². The van der Waals surface area contributed by atoms with Crippen molar-refractivity contribution in [2.75, 3.05) is 0 Å². The molecular weight excluding hydrogens is 124 g/mol. The molecular formula is C5H8O4. The van der Waals surface area contributed by atoms with Crippen molar-refractivity contribution in [2.45, 2.75) is 13.3 Å². The zero-order valence-electron chi connectivity index (χ0n) is 5.03. The summed E-state index contributed by atoms with van der Waals surface area (Å²) < 4.78 is 0. The minimum atomic E-state index is -0.783. The van der Waals surface area contributed by atoms with Crippen LogP contribution in [0.25, 0.3) is 0 Å². The molecule has 1 atom stereocenters. The second kappa shape index (κ2) is 4.03. The minimum Gasteiger partial charge on any atom is -0.303 e. The highest BCUT2D eigenvalue weighted by atomic mass is 17.1. The van der Waals surface area contributed by atoms with E-state index in [1.165, 1.54) is 0 Å². The first-order valence-corrected chi connectivity index (χ1v) is 2.50. The number of rotatable bonds is 3. The Bertz CT molecular complexity index is 110. The average Bonchev–Trinajstić information content (AvgIpc) is 1.87. The van der Waals surface area contributed by atoms with Crippen LogP contribution in [0.4, 0.5) is 0 Å². The number of aldehydes is 1. The van der Waals surface area contributed by atoms with Crippen molar-refractivity contribution in [3.8, 4) is 0 Å². The predicted molar refractivity (Wildman–Crippen MR) is 28.6 cm³/mol. The van der Waals surface area contributed by atoms with Crippen LogP contribution in [0.3, 0.4) is 0 Å². The third-order valence-electron chi connectivity index (χ3n) is 0.823. The molecule has 4 nitrogen and oxygen atoms in total. The van der Waals surface area contributed by atoms with Gasteiger partial charge in [-0.15, -0.1) is 0 Å². The molecule has 0 saturated heterocycles. The van der Waals surface area contributed by atoms with Gasteiger partial charge in [0.05, 0.1) is 6.42 Å². The van der Waals surface area contributed by atoms with Gasteiger partial charge in [-0.3, -0.25) is 0 Å². The van der Waals surface area contributed by atoms with Gasteiger partial charge in [0.15, 0.2) is 0 Å². The Morgan fingerprint density at radius 1 is 1.89 bits per heavy atom. The maximum atomic E-state index is 10.2. The van der Waals surface area contributed by atoms with Crippen molar-refractivity contribution in [3.05, 3.63) is 0 Å². The molecule has 0 aromatic rings. The Morgan fingerprint density at radius 3 is 2.78 bits per heavy atom. The van der Waals surface area contributed by atoms with Gasteiger partial charge in [-0.2, -0.15) is 5.26 Å². The van der Waals surface area contributed by atoms with Crippen molar-refractivity contribution in [1.82, 2.24) is 0 Å². The first-order valence-electron chi connectivity index (χ1n) is 2.50. The molecule has 4 heteroatoms. The van der Waals surface area contributed by atoms with Crippen LogP contribution in [-0.4, -0.2) is 17.5 Å². The lowest BCUT2D eigenvalue weighted by Gasteiger charge is -1.96. The molecule has 0 bridgehead atoms. The smallest absolute Gasteiger partial charge is 0.303 e. The zero-order chi connectivity index (χ0) is 7.28. The van der Waals surface area contributed by atoms with Crippen LogP contribution in [0.2, 0.25) is 0 Å². The van der Waals surface area contributed by atoms with Crippen molar-refractivity contribution < 1.29 is 19.7 Å². The predicted octanol–water partition coefficient (Wildman–Crippen LogP) is 0.228. The molecule has 0 aromatic heterocycles. The summed E-state index contributed by atoms with van der Waals surface area (Å²) in [6.07, 6.45) is 0.552. The summed E-state index contributed by atoms with van der Waals surface area (Å²) in [4.78, 5) is 23.3. The molecule has 0 saturated carbocycles. The van der Waals surface area contributed by atoms with Gasteiger partial charge < -0.3 is 9.68 Å². The molecule has 0 aromatic carbocycles. The number of carbonyl (C=O) groups excluding carboxylic acids is 2. The summed E-state index contributed by atoms with van der Waals surface area (Å²) in [7, 11) is 0. The maximum absolute atomic E-state index is 10.2. The van der Waals surface area contributed by atoms with Crippen LogP contribution in [0.5, 0.6) is 0 Å². The lowest BCUT2D eigenvalue weighted by molar-refractivity contribution is -0.235. The Kier molecular flexibility index (Phi) is 3.62. The second-order valence-corrected chi connectivity index (χ2v) is 1.78. The molecule has 0 aliphatic heterocycles. The van der Waals surface area contributed by atoms with Crippen molar-refractivity contribution in [2.24, 2.45) is 5.92 Å². The molecule has 0 rings (SSSR count). The van der Waals surface area contributed by atoms with E-state index < -0.39 is 5.97 Å². The lowest BCUT2D eigenvalue weighted by atomic mass is 10.1. The van der Waals surface area contributed by atoms with Crippen LogP contribution < -0.4 is 0 Å². The van der Waals surface area contributed by atoms with E-state index in [1.807, 2.05) is 0 Å². The van der Waals surface area contributed by atoms with Gasteiger partial charge in [0.2, 0.25) is 0 Å². The summed E-state index contributed by atoms with van der Waals surface area (Å²) in [5, 5.41) is 7.71. The molecule has 0 amide bonds. The van der Waals surface area contributed by atoms with Gasteiger partial charge in [0, 0.05) is 5.92 Å². The molecule has 0 fully saturated rings. The maximum Gasteiger partial charge on any atom is 0.342 e. The number of carbonyl (C=O) groups is 2. The lowest BCUT2D eigenvalue weighted by Crippen LogP contribution is -2.07. The highest BCUT2D eigenvalue weighted by molar-refractivity contribution is 5.72. The van der Waals surface area contributed by atoms with E-state index in [-0.39, 0.29) is 12.3 Å². The SMILES string of the molecule is CC(C=O)CC(=O)OO. The van der Waals surface area contributed by atoms with Gasteiger partial charge in [0.25, 0.3) is 0 Å². The monoisotopic (exact) mass is 132 g/mol. The van der Waals surface area contributed by atoms with E-state index in [1.54, 1.807) is 6.92 Å². The van der Waals surface area contributed by atoms with Crippen LogP contribution in [-0.2, 0) is 14.5 Å². The fourth-order valence-electron chi connectivity index (χ4n) is 0.348. The highest BCUT2D eigenvalue weighted by Gasteiger charge is 2.07. The molecule has 0 aliphatic carbocycles. The largest absolute Gasteiger partial charge is 0.342 e. The summed E-state index contributed by atoms with van der Waals surface area (Å²) in [6.45, 7) is 1.56. The van der Waals surface area contributed by atoms with E-state index in [0.717, 1.165) is 0 Å². The third kappa shape index (κ3) is 3.66. The zero-order valence-corrected chi connectivity index (χ0v) is 5.03. The van der Waals surface area contributed by atoms with Crippen LogP contribution in [0.1, 0.15) is 13.3 Å². The summed E-state index contributed by atoms with van der Waals surface area (Å²) in [6, 6.07) is 0. The highest BCUT2D eigenvalue weighted by Crippen LogP contribution is 1.97. The van der Waals surface area contributed by atoms with Gasteiger partial charge >= 0.3 is 5.97 Å². The van der Waals surface area contributed by atoms with Gasteiger partial charge in [-0.1, -0.05) is 6.92 Å². The quantitative estimate of drug-likeness (QED) is 0.339. The molecule has 1 unspecified atom stereocenters. The Balaban J connectivity index is 3.46. The second-order valence-electron chi connectivity index (χ2n) is 1.78. The minimum absolute atomic E-state index is 0.0694. The van der Waals surface area contributed by atoms with Crippen LogP contribution in [0, 0.1) is 5.92 Å². The topological polar surface area (TPSA) is 63.6 Å². The van der Waals surface area contributed by atoms with E-state index in [9.17, 15) is 9.59 Å². The van der Waals surface area contributed by atoms with E-state index in [0.29, 0.717) is 6.29 Å². The molecule has 9 heavy (non-hydrogen) atoms. The summed E-state index contributed by atoms with van der Waals surface area (Å²) in [5.41, 5.74) is 0. The number of hydrogen-bond acceptors (Lipinski definition) is 4. The van der Waals surface area contributed by atoms with Crippen molar-refractivity contribution in [3.63, 3.8) is 0 Å². The summed E-state index contributed by atoms with van der Waals surface area (Å²) in [5.74, 6) is -1.17. The van der Waals surface area contributed by atoms with Gasteiger partial charge in [-0.05, 0) is 0 Å². The first kappa shape index (κ1) is 8.10. The molecule has 0 radical (unpaired) electrons.